The highest BCUT2D eigenvalue weighted by molar-refractivity contribution is 5.79. The monoisotopic (exact) mass is 370 g/mol. The Morgan fingerprint density at radius 2 is 1.89 bits per heavy atom. The third-order valence-corrected chi connectivity index (χ3v) is 5.12. The minimum Gasteiger partial charge on any atom is -0.490 e. The zero-order valence-electron chi connectivity index (χ0n) is 15.8. The molecule has 3 atom stereocenters. The van der Waals surface area contributed by atoms with Gasteiger partial charge in [-0.15, -0.1) is 0 Å². The number of amides is 1. The van der Waals surface area contributed by atoms with Crippen LogP contribution in [0.1, 0.15) is 49.9 Å². The van der Waals surface area contributed by atoms with Crippen molar-refractivity contribution < 1.29 is 13.9 Å². The predicted octanol–water partition coefficient (Wildman–Crippen LogP) is 4.13. The van der Waals surface area contributed by atoms with Crippen molar-refractivity contribution in [2.45, 2.75) is 38.8 Å². The topological polar surface area (TPSA) is 64.4 Å². The highest BCUT2D eigenvalue weighted by Gasteiger charge is 2.24. The van der Waals surface area contributed by atoms with Gasteiger partial charge >= 0.3 is 0 Å². The third kappa shape index (κ3) is 5.07. The number of nitrogens with two attached hydrogens (primary N) is 1. The number of benzene rings is 2. The van der Waals surface area contributed by atoms with Gasteiger partial charge in [-0.1, -0.05) is 43.3 Å². The van der Waals surface area contributed by atoms with E-state index < -0.39 is 17.8 Å². The Morgan fingerprint density at radius 1 is 1.19 bits per heavy atom. The summed E-state index contributed by atoms with van der Waals surface area (Å²) in [6.07, 6.45) is 2.32. The molecule has 2 aromatic carbocycles. The normalized spacial score (nSPS) is 17.0. The number of halogens is 1. The fourth-order valence-corrected chi connectivity index (χ4v) is 2.95. The van der Waals surface area contributed by atoms with Gasteiger partial charge in [-0.05, 0) is 48.9 Å². The average Bonchev–Trinajstić information content (AvgIpc) is 3.50. The second-order valence-corrected chi connectivity index (χ2v) is 7.40. The van der Waals surface area contributed by atoms with Crippen molar-refractivity contribution in [2.24, 2.45) is 17.6 Å². The van der Waals surface area contributed by atoms with Gasteiger partial charge in [0.15, 0.2) is 11.6 Å². The van der Waals surface area contributed by atoms with Gasteiger partial charge in [0.25, 0.3) is 0 Å². The van der Waals surface area contributed by atoms with Gasteiger partial charge in [-0.2, -0.15) is 0 Å². The number of nitrogens with one attached hydrogen (secondary N) is 1. The molecule has 3 rings (SSSR count). The Bertz CT molecular complexity index is 777. The molecule has 3 N–H and O–H groups in total. The van der Waals surface area contributed by atoms with Crippen molar-refractivity contribution in [3.05, 3.63) is 65.5 Å². The summed E-state index contributed by atoms with van der Waals surface area (Å²) in [7, 11) is 0. The molecule has 0 aromatic heterocycles. The van der Waals surface area contributed by atoms with Crippen LogP contribution in [-0.2, 0) is 4.79 Å². The molecule has 5 heteroatoms. The SMILES string of the molecule is CC(NC(=O)C(C)C(N)c1ccccc1)c1ccc(OCC2CC2)c(F)c1. The van der Waals surface area contributed by atoms with E-state index in [4.69, 9.17) is 10.5 Å². The molecule has 1 fully saturated rings. The first-order chi connectivity index (χ1) is 13.0. The van der Waals surface area contributed by atoms with E-state index in [1.807, 2.05) is 37.3 Å². The summed E-state index contributed by atoms with van der Waals surface area (Å²) in [5.74, 6) is -0.126. The number of rotatable bonds is 8. The summed E-state index contributed by atoms with van der Waals surface area (Å²) in [6.45, 7) is 4.20. The molecule has 0 radical (unpaired) electrons. The van der Waals surface area contributed by atoms with E-state index in [2.05, 4.69) is 5.32 Å². The molecule has 1 aliphatic rings. The Balaban J connectivity index is 1.59. The number of hydrogen-bond donors (Lipinski definition) is 2. The fraction of sp³-hybridized carbons (Fsp3) is 0.409. The largest absolute Gasteiger partial charge is 0.490 e. The Labute approximate surface area is 159 Å². The molecule has 0 heterocycles. The lowest BCUT2D eigenvalue weighted by molar-refractivity contribution is -0.125. The standard InChI is InChI=1S/C22H27FN2O2/c1-14(21(24)17-6-4-3-5-7-17)22(26)25-15(2)18-10-11-20(19(23)12-18)27-13-16-8-9-16/h3-7,10-12,14-16,21H,8-9,13,24H2,1-2H3,(H,25,26). The quantitative estimate of drug-likeness (QED) is 0.734. The van der Waals surface area contributed by atoms with Gasteiger partial charge in [0, 0.05) is 6.04 Å². The highest BCUT2D eigenvalue weighted by Crippen LogP contribution is 2.30. The van der Waals surface area contributed by atoms with Crippen molar-refractivity contribution in [1.82, 2.24) is 5.32 Å². The summed E-state index contributed by atoms with van der Waals surface area (Å²) < 4.78 is 19.8. The van der Waals surface area contributed by atoms with Crippen LogP contribution in [0.4, 0.5) is 4.39 Å². The molecule has 0 bridgehead atoms. The average molecular weight is 370 g/mol. The van der Waals surface area contributed by atoms with Crippen LogP contribution in [0, 0.1) is 17.7 Å². The van der Waals surface area contributed by atoms with E-state index in [0.29, 0.717) is 18.1 Å². The first-order valence-electron chi connectivity index (χ1n) is 9.49. The Kier molecular flexibility index (Phi) is 6.11. The van der Waals surface area contributed by atoms with Gasteiger partial charge in [0.05, 0.1) is 18.6 Å². The lowest BCUT2D eigenvalue weighted by Gasteiger charge is -2.23. The molecular formula is C22H27FN2O2. The van der Waals surface area contributed by atoms with E-state index in [1.165, 1.54) is 6.07 Å². The molecule has 0 saturated heterocycles. The molecule has 1 saturated carbocycles. The molecular weight excluding hydrogens is 343 g/mol. The number of ether oxygens (including phenoxy) is 1. The second kappa shape index (κ2) is 8.53. The van der Waals surface area contributed by atoms with Gasteiger partial charge in [-0.25, -0.2) is 4.39 Å². The van der Waals surface area contributed by atoms with Crippen molar-refractivity contribution in [3.8, 4) is 5.75 Å². The van der Waals surface area contributed by atoms with Crippen molar-refractivity contribution in [3.63, 3.8) is 0 Å². The van der Waals surface area contributed by atoms with Gasteiger partial charge < -0.3 is 15.8 Å². The number of carbonyl (C=O) groups is 1. The third-order valence-electron chi connectivity index (χ3n) is 5.12. The second-order valence-electron chi connectivity index (χ2n) is 7.40. The number of hydrogen-bond acceptors (Lipinski definition) is 3. The molecule has 2 aromatic rings. The van der Waals surface area contributed by atoms with Crippen LogP contribution in [0.5, 0.6) is 5.75 Å². The van der Waals surface area contributed by atoms with E-state index in [-0.39, 0.29) is 17.7 Å². The van der Waals surface area contributed by atoms with Gasteiger partial charge in [0.1, 0.15) is 0 Å². The minimum atomic E-state index is -0.402. The molecule has 3 unspecified atom stereocenters. The van der Waals surface area contributed by atoms with Gasteiger partial charge in [-0.3, -0.25) is 4.79 Å². The first-order valence-corrected chi connectivity index (χ1v) is 9.49. The van der Waals surface area contributed by atoms with Crippen LogP contribution in [0.15, 0.2) is 48.5 Å². The molecule has 144 valence electrons. The molecule has 0 spiro atoms. The fourth-order valence-electron chi connectivity index (χ4n) is 2.95. The minimum absolute atomic E-state index is 0.159. The highest BCUT2D eigenvalue weighted by atomic mass is 19.1. The summed E-state index contributed by atoms with van der Waals surface area (Å²) in [5.41, 5.74) is 7.83. The maximum atomic E-state index is 14.3. The van der Waals surface area contributed by atoms with E-state index in [9.17, 15) is 9.18 Å². The van der Waals surface area contributed by atoms with Gasteiger partial charge in [0.2, 0.25) is 5.91 Å². The molecule has 0 aliphatic heterocycles. The zero-order valence-corrected chi connectivity index (χ0v) is 15.8. The van der Waals surface area contributed by atoms with Crippen molar-refractivity contribution >= 4 is 5.91 Å². The predicted molar refractivity (Wildman–Crippen MR) is 104 cm³/mol. The molecule has 1 aliphatic carbocycles. The molecule has 27 heavy (non-hydrogen) atoms. The summed E-state index contributed by atoms with van der Waals surface area (Å²) in [6, 6.07) is 13.7. The lowest BCUT2D eigenvalue weighted by Crippen LogP contribution is -2.36. The number of carbonyl (C=O) groups excluding carboxylic acids is 1. The first kappa shape index (κ1) is 19.4. The van der Waals surface area contributed by atoms with Crippen LogP contribution >= 0.6 is 0 Å². The van der Waals surface area contributed by atoms with Crippen LogP contribution in [0.2, 0.25) is 0 Å². The summed E-state index contributed by atoms with van der Waals surface area (Å²) in [5, 5.41) is 2.93. The van der Waals surface area contributed by atoms with E-state index in [0.717, 1.165) is 18.4 Å². The van der Waals surface area contributed by atoms with Crippen molar-refractivity contribution in [1.29, 1.82) is 0 Å². The van der Waals surface area contributed by atoms with Crippen LogP contribution in [0.25, 0.3) is 0 Å². The summed E-state index contributed by atoms with van der Waals surface area (Å²) in [4.78, 5) is 12.6. The molecule has 4 nitrogen and oxygen atoms in total. The van der Waals surface area contributed by atoms with Crippen LogP contribution < -0.4 is 15.8 Å². The maximum Gasteiger partial charge on any atom is 0.225 e. The van der Waals surface area contributed by atoms with Crippen LogP contribution in [-0.4, -0.2) is 12.5 Å². The summed E-state index contributed by atoms with van der Waals surface area (Å²) >= 11 is 0. The van der Waals surface area contributed by atoms with Crippen LogP contribution in [0.3, 0.4) is 0 Å². The maximum absolute atomic E-state index is 14.3. The Morgan fingerprint density at radius 3 is 2.52 bits per heavy atom. The molecule has 1 amide bonds. The zero-order chi connectivity index (χ0) is 19.4. The van der Waals surface area contributed by atoms with E-state index >= 15 is 0 Å². The lowest BCUT2D eigenvalue weighted by atomic mass is 9.94. The Hall–Kier alpha value is -2.40. The van der Waals surface area contributed by atoms with E-state index in [1.54, 1.807) is 19.1 Å². The van der Waals surface area contributed by atoms with Crippen molar-refractivity contribution in [2.75, 3.05) is 6.61 Å². The smallest absolute Gasteiger partial charge is 0.225 e.